The van der Waals surface area contributed by atoms with E-state index < -0.39 is 57.1 Å². The van der Waals surface area contributed by atoms with Crippen LogP contribution in [0.4, 0.5) is 4.79 Å². The average Bonchev–Trinajstić information content (AvgIpc) is 2.90. The van der Waals surface area contributed by atoms with E-state index in [1.807, 2.05) is 31.2 Å². The minimum atomic E-state index is -0.881. The van der Waals surface area contributed by atoms with Gasteiger partial charge in [0.2, 0.25) is 11.8 Å². The lowest BCUT2D eigenvalue weighted by atomic mass is 10.1. The Balaban J connectivity index is 2.86. The van der Waals surface area contributed by atoms with E-state index in [-0.39, 0.29) is 6.61 Å². The zero-order chi connectivity index (χ0) is 30.3. The van der Waals surface area contributed by atoms with Gasteiger partial charge >= 0.3 is 12.1 Å². The predicted molar refractivity (Wildman–Crippen MR) is 158 cm³/mol. The number of hydrogen-bond donors (Lipinski definition) is 3. The quantitative estimate of drug-likeness (QED) is 0.201. The number of nitrogens with one attached hydrogen (secondary N) is 3. The van der Waals surface area contributed by atoms with E-state index in [4.69, 9.17) is 14.2 Å². The third-order valence-electron chi connectivity index (χ3n) is 6.32. The van der Waals surface area contributed by atoms with Crippen molar-refractivity contribution < 1.29 is 33.4 Å². The van der Waals surface area contributed by atoms with Gasteiger partial charge in [-0.15, -0.1) is 0 Å². The molecule has 0 radical (unpaired) electrons. The molecule has 0 spiro atoms. The average molecular weight is 580 g/mol. The highest BCUT2D eigenvalue weighted by molar-refractivity contribution is 6.38. The van der Waals surface area contributed by atoms with Crippen LogP contribution in [0.5, 0.6) is 5.75 Å². The van der Waals surface area contributed by atoms with E-state index in [2.05, 4.69) is 29.8 Å². The van der Waals surface area contributed by atoms with Crippen LogP contribution in [0.2, 0.25) is 11.6 Å². The first-order valence-corrected chi connectivity index (χ1v) is 16.1. The van der Waals surface area contributed by atoms with Gasteiger partial charge in [-0.25, -0.2) is 9.59 Å². The Morgan fingerprint density at radius 2 is 1.38 bits per heavy atom. The van der Waals surface area contributed by atoms with Crippen LogP contribution in [0.15, 0.2) is 24.3 Å². The molecule has 40 heavy (non-hydrogen) atoms. The molecule has 4 atom stereocenters. The van der Waals surface area contributed by atoms with Crippen LogP contribution < -0.4 is 20.7 Å². The highest BCUT2D eigenvalue weighted by atomic mass is 28.2. The normalized spacial score (nSPS) is 14.5. The fraction of sp³-hybridized carbons (Fsp3) is 0.655. The van der Waals surface area contributed by atoms with Crippen LogP contribution in [0, 0.1) is 0 Å². The second-order valence-electron chi connectivity index (χ2n) is 10.9. The van der Waals surface area contributed by atoms with Crippen LogP contribution >= 0.6 is 0 Å². The molecule has 0 bridgehead atoms. The Kier molecular flexibility index (Phi) is 15.4. The summed E-state index contributed by atoms with van der Waals surface area (Å²) in [5.74, 6) is -0.734. The topological polar surface area (TPSA) is 132 Å². The highest BCUT2D eigenvalue weighted by Gasteiger charge is 2.30. The molecule has 4 unspecified atom stereocenters. The van der Waals surface area contributed by atoms with Gasteiger partial charge in [-0.2, -0.15) is 0 Å². The van der Waals surface area contributed by atoms with Crippen LogP contribution in [0.1, 0.15) is 80.2 Å². The maximum Gasteiger partial charge on any atom is 0.408 e. The molecule has 11 heteroatoms. The second-order valence-corrected chi connectivity index (χ2v) is 13.5. The SMILES string of the molecule is CCOc1ccc(COC(=O)C(C[SiH2]C(C)CC)NC(=O)C(CC)NC(=O)C(CC)NC(=O)OC(C)(C)C)cc1. The Morgan fingerprint density at radius 3 is 1.88 bits per heavy atom. The van der Waals surface area contributed by atoms with Crippen LogP contribution in [-0.4, -0.2) is 63.7 Å². The number of amides is 3. The third kappa shape index (κ3) is 13.3. The molecular weight excluding hydrogens is 530 g/mol. The summed E-state index contributed by atoms with van der Waals surface area (Å²) in [7, 11) is -0.666. The molecule has 226 valence electrons. The summed E-state index contributed by atoms with van der Waals surface area (Å²) < 4.78 is 16.3. The number of rotatable bonds is 16. The Labute approximate surface area is 241 Å². The number of carbonyl (C=O) groups is 4. The van der Waals surface area contributed by atoms with Gasteiger partial charge in [-0.1, -0.05) is 51.8 Å². The summed E-state index contributed by atoms with van der Waals surface area (Å²) in [6, 6.07) is 5.29. The van der Waals surface area contributed by atoms with Gasteiger partial charge in [0, 0.05) is 9.52 Å². The fourth-order valence-corrected chi connectivity index (χ4v) is 5.40. The Bertz CT molecular complexity index is 950. The smallest absolute Gasteiger partial charge is 0.408 e. The number of benzene rings is 1. The molecule has 0 saturated carbocycles. The zero-order valence-electron chi connectivity index (χ0n) is 25.4. The number of ether oxygens (including phenoxy) is 3. The molecule has 1 aromatic rings. The molecule has 10 nitrogen and oxygen atoms in total. The van der Waals surface area contributed by atoms with Gasteiger partial charge in [-0.3, -0.25) is 9.59 Å². The van der Waals surface area contributed by atoms with Crippen molar-refractivity contribution >= 4 is 33.4 Å². The lowest BCUT2D eigenvalue weighted by Gasteiger charge is -2.25. The van der Waals surface area contributed by atoms with Gasteiger partial charge in [0.15, 0.2) is 0 Å². The van der Waals surface area contributed by atoms with Crippen molar-refractivity contribution in [2.24, 2.45) is 0 Å². The van der Waals surface area contributed by atoms with Crippen molar-refractivity contribution in [3.8, 4) is 5.75 Å². The van der Waals surface area contributed by atoms with Crippen molar-refractivity contribution in [1.29, 1.82) is 0 Å². The molecule has 0 saturated heterocycles. The lowest BCUT2D eigenvalue weighted by Crippen LogP contribution is -2.56. The van der Waals surface area contributed by atoms with Crippen molar-refractivity contribution in [3.05, 3.63) is 29.8 Å². The minimum Gasteiger partial charge on any atom is -0.494 e. The molecule has 0 fully saturated rings. The van der Waals surface area contributed by atoms with Crippen molar-refractivity contribution in [2.45, 2.75) is 117 Å². The number of carbonyl (C=O) groups excluding carboxylic acids is 4. The summed E-state index contributed by atoms with van der Waals surface area (Å²) in [6.45, 7) is 15.5. The summed E-state index contributed by atoms with van der Waals surface area (Å²) in [5, 5.41) is 8.07. The number of hydrogen-bond acceptors (Lipinski definition) is 7. The first-order chi connectivity index (χ1) is 18.8. The molecular formula is C29H49N3O7Si. The summed E-state index contributed by atoms with van der Waals surface area (Å²) in [5.41, 5.74) is 0.604. The molecule has 1 aromatic carbocycles. The predicted octanol–water partition coefficient (Wildman–Crippen LogP) is 3.62. The highest BCUT2D eigenvalue weighted by Crippen LogP contribution is 2.15. The molecule has 1 rings (SSSR count). The summed E-state index contributed by atoms with van der Waals surface area (Å²) in [6.07, 6.45) is 0.906. The van der Waals surface area contributed by atoms with Gasteiger partial charge < -0.3 is 30.2 Å². The monoisotopic (exact) mass is 579 g/mol. The van der Waals surface area contributed by atoms with E-state index in [1.54, 1.807) is 34.6 Å². The van der Waals surface area contributed by atoms with Crippen molar-refractivity contribution in [3.63, 3.8) is 0 Å². The standard InChI is InChI=1S/C29H49N3O7Si/c1-9-19(5)40-18-24(27(35)38-17-20-13-15-21(16-14-20)37-12-4)31-25(33)22(10-2)30-26(34)23(11-3)32-28(36)39-29(6,7)8/h13-16,19,22-24H,9-12,17-18,40H2,1-8H3,(H,30,34)(H,31,33)(H,32,36). The molecule has 0 aliphatic rings. The molecule has 0 aliphatic heterocycles. The summed E-state index contributed by atoms with van der Waals surface area (Å²) in [4.78, 5) is 51.3. The van der Waals surface area contributed by atoms with E-state index in [9.17, 15) is 19.2 Å². The maximum absolute atomic E-state index is 13.2. The molecule has 3 amide bonds. The number of alkyl carbamates (subject to hydrolysis) is 1. The van der Waals surface area contributed by atoms with Gasteiger partial charge in [-0.05, 0) is 64.3 Å². The first-order valence-electron chi connectivity index (χ1n) is 14.3. The van der Waals surface area contributed by atoms with E-state index >= 15 is 0 Å². The zero-order valence-corrected chi connectivity index (χ0v) is 26.8. The van der Waals surface area contributed by atoms with Gasteiger partial charge in [0.05, 0.1) is 6.61 Å². The molecule has 0 heterocycles. The van der Waals surface area contributed by atoms with E-state index in [1.165, 1.54) is 0 Å². The van der Waals surface area contributed by atoms with E-state index in [0.717, 1.165) is 17.7 Å². The Hall–Kier alpha value is -3.08. The third-order valence-corrected chi connectivity index (χ3v) is 8.79. The largest absolute Gasteiger partial charge is 0.494 e. The maximum atomic E-state index is 13.2. The molecule has 0 aromatic heterocycles. The van der Waals surface area contributed by atoms with Crippen LogP contribution in [0.3, 0.4) is 0 Å². The minimum absolute atomic E-state index is 0.0744. The second kappa shape index (κ2) is 17.6. The molecule has 0 aliphatic carbocycles. The van der Waals surface area contributed by atoms with Gasteiger partial charge in [0.1, 0.15) is 36.1 Å². The molecule has 3 N–H and O–H groups in total. The van der Waals surface area contributed by atoms with Crippen LogP contribution in [-0.2, 0) is 30.5 Å². The van der Waals surface area contributed by atoms with Crippen molar-refractivity contribution in [2.75, 3.05) is 6.61 Å². The van der Waals surface area contributed by atoms with Gasteiger partial charge in [0.25, 0.3) is 0 Å². The Morgan fingerprint density at radius 1 is 0.825 bits per heavy atom. The lowest BCUT2D eigenvalue weighted by molar-refractivity contribution is -0.148. The fourth-order valence-electron chi connectivity index (χ4n) is 3.71. The summed E-state index contributed by atoms with van der Waals surface area (Å²) >= 11 is 0. The van der Waals surface area contributed by atoms with Crippen LogP contribution in [0.25, 0.3) is 0 Å². The van der Waals surface area contributed by atoms with E-state index in [0.29, 0.717) is 31.0 Å². The first kappa shape index (κ1) is 34.9. The number of esters is 1. The van der Waals surface area contributed by atoms with Crippen molar-refractivity contribution in [1.82, 2.24) is 16.0 Å².